The Morgan fingerprint density at radius 3 is 3.06 bits per heavy atom. The first-order chi connectivity index (χ1) is 8.22. The number of carbonyl (C=O) groups is 1. The normalized spacial score (nSPS) is 11.4. The van der Waals surface area contributed by atoms with E-state index in [-0.39, 0.29) is 5.91 Å². The van der Waals surface area contributed by atoms with Crippen molar-refractivity contribution >= 4 is 5.91 Å². The molecular formula is C12H15N3O2. The molecule has 0 bridgehead atoms. The van der Waals surface area contributed by atoms with Gasteiger partial charge in [0.15, 0.2) is 0 Å². The van der Waals surface area contributed by atoms with Crippen LogP contribution >= 0.6 is 0 Å². The molecule has 0 spiro atoms. The Morgan fingerprint density at radius 1 is 1.71 bits per heavy atom. The topological polar surface area (TPSA) is 75.0 Å². The fourth-order valence-electron chi connectivity index (χ4n) is 1.42. The first-order valence-electron chi connectivity index (χ1n) is 5.41. The number of nitriles is 1. The molecular weight excluding hydrogens is 218 g/mol. The lowest BCUT2D eigenvalue weighted by Gasteiger charge is -2.12. The van der Waals surface area contributed by atoms with E-state index in [9.17, 15) is 4.79 Å². The molecule has 0 aliphatic carbocycles. The molecule has 1 heterocycles. The molecule has 0 aromatic carbocycles. The van der Waals surface area contributed by atoms with Gasteiger partial charge in [-0.1, -0.05) is 13.3 Å². The molecule has 1 unspecified atom stereocenters. The molecule has 0 saturated heterocycles. The van der Waals surface area contributed by atoms with E-state index >= 15 is 0 Å². The molecule has 0 aliphatic rings. The molecule has 0 aliphatic heterocycles. The maximum Gasteiger partial charge on any atom is 0.256 e. The molecule has 90 valence electrons. The van der Waals surface area contributed by atoms with E-state index in [1.165, 1.54) is 19.5 Å². The lowest BCUT2D eigenvalue weighted by atomic mass is 10.1. The maximum atomic E-state index is 11.9. The van der Waals surface area contributed by atoms with Gasteiger partial charge in [-0.25, -0.2) is 0 Å². The van der Waals surface area contributed by atoms with Crippen LogP contribution in [0.1, 0.15) is 30.1 Å². The molecule has 1 aromatic heterocycles. The van der Waals surface area contributed by atoms with Crippen molar-refractivity contribution < 1.29 is 9.53 Å². The van der Waals surface area contributed by atoms with Crippen molar-refractivity contribution in [3.05, 3.63) is 24.0 Å². The Morgan fingerprint density at radius 2 is 2.47 bits per heavy atom. The molecule has 1 atom stereocenters. The zero-order chi connectivity index (χ0) is 12.7. The fourth-order valence-corrected chi connectivity index (χ4v) is 1.42. The highest BCUT2D eigenvalue weighted by molar-refractivity contribution is 5.97. The fraction of sp³-hybridized carbons (Fsp3) is 0.417. The quantitative estimate of drug-likeness (QED) is 0.836. The molecule has 1 rings (SSSR count). The van der Waals surface area contributed by atoms with Gasteiger partial charge in [0.1, 0.15) is 11.8 Å². The van der Waals surface area contributed by atoms with E-state index in [2.05, 4.69) is 16.4 Å². The van der Waals surface area contributed by atoms with Crippen LogP contribution in [-0.4, -0.2) is 24.0 Å². The van der Waals surface area contributed by atoms with Crippen LogP contribution in [0.3, 0.4) is 0 Å². The molecule has 1 amide bonds. The predicted octanol–water partition coefficient (Wildman–Crippen LogP) is 1.51. The first-order valence-corrected chi connectivity index (χ1v) is 5.41. The number of hydrogen-bond donors (Lipinski definition) is 1. The highest BCUT2D eigenvalue weighted by Gasteiger charge is 2.15. The Kier molecular flexibility index (Phi) is 4.95. The summed E-state index contributed by atoms with van der Waals surface area (Å²) in [6.45, 7) is 1.96. The van der Waals surface area contributed by atoms with Crippen LogP contribution in [0, 0.1) is 11.3 Å². The maximum absolute atomic E-state index is 11.9. The van der Waals surface area contributed by atoms with Gasteiger partial charge in [-0.15, -0.1) is 0 Å². The zero-order valence-electron chi connectivity index (χ0n) is 9.93. The zero-order valence-corrected chi connectivity index (χ0v) is 9.93. The van der Waals surface area contributed by atoms with Crippen molar-refractivity contribution in [1.29, 1.82) is 5.26 Å². The van der Waals surface area contributed by atoms with Gasteiger partial charge in [0, 0.05) is 6.20 Å². The van der Waals surface area contributed by atoms with Crippen LogP contribution in [0.5, 0.6) is 5.75 Å². The van der Waals surface area contributed by atoms with Crippen LogP contribution in [0.15, 0.2) is 18.5 Å². The summed E-state index contributed by atoms with van der Waals surface area (Å²) in [5.74, 6) is 0.0856. The molecule has 5 nitrogen and oxygen atoms in total. The molecule has 0 radical (unpaired) electrons. The highest BCUT2D eigenvalue weighted by atomic mass is 16.5. The van der Waals surface area contributed by atoms with E-state index in [0.717, 1.165) is 6.42 Å². The summed E-state index contributed by atoms with van der Waals surface area (Å²) in [6, 6.07) is 3.15. The third-order valence-electron chi connectivity index (χ3n) is 2.29. The second kappa shape index (κ2) is 6.48. The number of carbonyl (C=O) groups excluding carboxylic acids is 1. The largest absolute Gasteiger partial charge is 0.494 e. The van der Waals surface area contributed by atoms with Crippen LogP contribution < -0.4 is 10.1 Å². The van der Waals surface area contributed by atoms with Gasteiger partial charge < -0.3 is 10.1 Å². The summed E-state index contributed by atoms with van der Waals surface area (Å²) < 4.78 is 5.04. The molecule has 0 saturated carbocycles. The first kappa shape index (κ1) is 13.0. The molecule has 1 aromatic rings. The van der Waals surface area contributed by atoms with Crippen molar-refractivity contribution in [2.24, 2.45) is 0 Å². The second-order valence-corrected chi connectivity index (χ2v) is 3.52. The lowest BCUT2D eigenvalue weighted by Crippen LogP contribution is -2.33. The molecule has 0 fully saturated rings. The van der Waals surface area contributed by atoms with Gasteiger partial charge in [-0.05, 0) is 12.5 Å². The number of pyridine rings is 1. The van der Waals surface area contributed by atoms with Gasteiger partial charge >= 0.3 is 0 Å². The van der Waals surface area contributed by atoms with Crippen molar-refractivity contribution in [3.63, 3.8) is 0 Å². The van der Waals surface area contributed by atoms with Gasteiger partial charge in [-0.3, -0.25) is 9.78 Å². The van der Waals surface area contributed by atoms with Crippen molar-refractivity contribution in [1.82, 2.24) is 10.3 Å². The minimum atomic E-state index is -0.467. The minimum absolute atomic E-state index is 0.316. The second-order valence-electron chi connectivity index (χ2n) is 3.52. The van der Waals surface area contributed by atoms with Crippen molar-refractivity contribution in [2.45, 2.75) is 25.8 Å². The van der Waals surface area contributed by atoms with Crippen LogP contribution in [0.25, 0.3) is 0 Å². The number of hydrogen-bond acceptors (Lipinski definition) is 4. The Bertz CT molecular complexity index is 426. The van der Waals surface area contributed by atoms with Crippen LogP contribution in [-0.2, 0) is 0 Å². The van der Waals surface area contributed by atoms with E-state index in [0.29, 0.717) is 17.7 Å². The molecule has 5 heteroatoms. The van der Waals surface area contributed by atoms with Crippen LogP contribution in [0.4, 0.5) is 0 Å². The van der Waals surface area contributed by atoms with Gasteiger partial charge in [-0.2, -0.15) is 5.26 Å². The summed E-state index contributed by atoms with van der Waals surface area (Å²) in [5, 5.41) is 11.5. The van der Waals surface area contributed by atoms with E-state index in [1.54, 1.807) is 6.07 Å². The number of nitrogens with zero attached hydrogens (tertiary/aromatic N) is 2. The van der Waals surface area contributed by atoms with E-state index in [4.69, 9.17) is 10.00 Å². The average molecular weight is 233 g/mol. The smallest absolute Gasteiger partial charge is 0.256 e. The van der Waals surface area contributed by atoms with E-state index < -0.39 is 6.04 Å². The number of amides is 1. The Labute approximate surface area is 100 Å². The predicted molar refractivity (Wildman–Crippen MR) is 62.6 cm³/mol. The summed E-state index contributed by atoms with van der Waals surface area (Å²) >= 11 is 0. The monoisotopic (exact) mass is 233 g/mol. The Balaban J connectivity index is 2.79. The Hall–Kier alpha value is -2.09. The van der Waals surface area contributed by atoms with Crippen molar-refractivity contribution in [3.8, 4) is 11.8 Å². The van der Waals surface area contributed by atoms with Gasteiger partial charge in [0.25, 0.3) is 5.91 Å². The number of nitrogens with one attached hydrogen (secondary N) is 1. The minimum Gasteiger partial charge on any atom is -0.494 e. The number of ether oxygens (including phenoxy) is 1. The highest BCUT2D eigenvalue weighted by Crippen LogP contribution is 2.15. The number of methoxy groups -OCH3 is 1. The van der Waals surface area contributed by atoms with Gasteiger partial charge in [0.2, 0.25) is 0 Å². The number of aromatic nitrogens is 1. The summed E-state index contributed by atoms with van der Waals surface area (Å²) in [4.78, 5) is 15.8. The molecule has 1 N–H and O–H groups in total. The third-order valence-corrected chi connectivity index (χ3v) is 2.29. The standard InChI is InChI=1S/C12H15N3O2/c1-3-4-9(7-13)15-12(16)10-5-6-14-8-11(10)17-2/h5-6,8-9H,3-4H2,1-2H3,(H,15,16). The van der Waals surface area contributed by atoms with Crippen molar-refractivity contribution in [2.75, 3.05) is 7.11 Å². The number of rotatable bonds is 5. The summed E-state index contributed by atoms with van der Waals surface area (Å²) in [5.41, 5.74) is 0.388. The third kappa shape index (κ3) is 3.45. The lowest BCUT2D eigenvalue weighted by molar-refractivity contribution is 0.0940. The van der Waals surface area contributed by atoms with Gasteiger partial charge in [0.05, 0.1) is 24.9 Å². The summed E-state index contributed by atoms with van der Waals surface area (Å²) in [6.07, 6.45) is 4.45. The molecule has 17 heavy (non-hydrogen) atoms. The SMILES string of the molecule is CCCC(C#N)NC(=O)c1ccncc1OC. The average Bonchev–Trinajstić information content (AvgIpc) is 2.38. The van der Waals surface area contributed by atoms with E-state index in [1.807, 2.05) is 6.92 Å². The summed E-state index contributed by atoms with van der Waals surface area (Å²) in [7, 11) is 1.47. The van der Waals surface area contributed by atoms with Crippen LogP contribution in [0.2, 0.25) is 0 Å².